The van der Waals surface area contributed by atoms with E-state index in [1.165, 1.54) is 0 Å². The van der Waals surface area contributed by atoms with Crippen LogP contribution in [0.15, 0.2) is 60.7 Å². The van der Waals surface area contributed by atoms with E-state index in [-0.39, 0.29) is 24.2 Å². The fraction of sp³-hybridized carbons (Fsp3) is 0.316. The number of ether oxygens (including phenoxy) is 1. The fourth-order valence-electron chi connectivity index (χ4n) is 3.43. The van der Waals surface area contributed by atoms with Crippen molar-refractivity contribution in [2.45, 2.75) is 18.8 Å². The molecule has 0 saturated carbocycles. The number of fused-ring (bicyclic) bond motifs is 1. The lowest BCUT2D eigenvalue weighted by Crippen LogP contribution is -2.34. The van der Waals surface area contributed by atoms with E-state index < -0.39 is 0 Å². The average molecular weight is 324 g/mol. The van der Waals surface area contributed by atoms with Crippen LogP contribution in [0.4, 0.5) is 4.79 Å². The highest BCUT2D eigenvalue weighted by Gasteiger charge is 2.46. The highest BCUT2D eigenvalue weighted by Crippen LogP contribution is 2.37. The number of nitrogens with one attached hydrogen (secondary N) is 1. The van der Waals surface area contributed by atoms with Crippen molar-refractivity contribution in [3.8, 4) is 0 Å². The summed E-state index contributed by atoms with van der Waals surface area (Å²) in [6.45, 7) is 1.56. The summed E-state index contributed by atoms with van der Waals surface area (Å²) >= 11 is 0. The van der Waals surface area contributed by atoms with Crippen LogP contribution < -0.4 is 5.48 Å². The van der Waals surface area contributed by atoms with Gasteiger partial charge < -0.3 is 9.64 Å². The van der Waals surface area contributed by atoms with E-state index in [0.717, 1.165) is 11.1 Å². The van der Waals surface area contributed by atoms with Crippen LogP contribution in [0.1, 0.15) is 17.2 Å². The Hall–Kier alpha value is -2.37. The monoisotopic (exact) mass is 324 g/mol. The quantitative estimate of drug-likeness (QED) is 0.943. The third-order valence-electron chi connectivity index (χ3n) is 4.69. The molecule has 2 heterocycles. The first-order chi connectivity index (χ1) is 11.8. The fourth-order valence-corrected chi connectivity index (χ4v) is 3.43. The van der Waals surface area contributed by atoms with Gasteiger partial charge >= 0.3 is 6.09 Å². The molecule has 0 aromatic heterocycles. The van der Waals surface area contributed by atoms with E-state index in [2.05, 4.69) is 17.6 Å². The lowest BCUT2D eigenvalue weighted by atomic mass is 9.93. The Morgan fingerprint density at radius 2 is 1.79 bits per heavy atom. The predicted molar refractivity (Wildman–Crippen MR) is 88.9 cm³/mol. The Bertz CT molecular complexity index is 692. The Labute approximate surface area is 141 Å². The van der Waals surface area contributed by atoms with Gasteiger partial charge in [-0.1, -0.05) is 60.7 Å². The molecule has 0 aliphatic carbocycles. The molecule has 0 spiro atoms. The first kappa shape index (κ1) is 15.2. The zero-order valence-electron chi connectivity index (χ0n) is 13.3. The molecule has 2 aliphatic rings. The highest BCUT2D eigenvalue weighted by atomic mass is 16.7. The molecule has 2 aromatic rings. The number of benzene rings is 2. The number of hydrogen-bond donors (Lipinski definition) is 1. The molecule has 5 heteroatoms. The van der Waals surface area contributed by atoms with Crippen LogP contribution in [0.25, 0.3) is 0 Å². The zero-order valence-corrected chi connectivity index (χ0v) is 13.3. The van der Waals surface area contributed by atoms with Crippen molar-refractivity contribution in [2.75, 3.05) is 13.1 Å². The molecular weight excluding hydrogens is 304 g/mol. The molecule has 2 saturated heterocycles. The molecule has 4 rings (SSSR count). The average Bonchev–Trinajstić information content (AvgIpc) is 3.22. The first-order valence-electron chi connectivity index (χ1n) is 8.23. The van der Waals surface area contributed by atoms with Crippen molar-refractivity contribution in [3.05, 3.63) is 71.8 Å². The Balaban J connectivity index is 1.37. The molecule has 0 bridgehead atoms. The smallest absolute Gasteiger partial charge is 0.410 e. The normalized spacial score (nSPS) is 25.5. The topological polar surface area (TPSA) is 50.8 Å². The number of amides is 1. The summed E-state index contributed by atoms with van der Waals surface area (Å²) in [5.74, 6) is 0.247. The molecule has 1 amide bonds. The zero-order chi connectivity index (χ0) is 16.4. The second-order valence-electron chi connectivity index (χ2n) is 6.28. The predicted octanol–water partition coefficient (Wildman–Crippen LogP) is 2.90. The number of hydrogen-bond acceptors (Lipinski definition) is 4. The summed E-state index contributed by atoms with van der Waals surface area (Å²) in [5, 5.41) is 0. The maximum atomic E-state index is 12.3. The van der Waals surface area contributed by atoms with Crippen LogP contribution in [-0.4, -0.2) is 30.1 Å². The van der Waals surface area contributed by atoms with Gasteiger partial charge in [-0.3, -0.25) is 4.84 Å². The second kappa shape index (κ2) is 6.63. The van der Waals surface area contributed by atoms with Crippen molar-refractivity contribution < 1.29 is 14.4 Å². The SMILES string of the molecule is O=C(OCc1ccccc1)N1C[C@H]2[C@@H](c3ccccc3)ON[C@@H]2C1. The largest absolute Gasteiger partial charge is 0.445 e. The van der Waals surface area contributed by atoms with Gasteiger partial charge in [-0.15, -0.1) is 0 Å². The Kier molecular flexibility index (Phi) is 4.19. The third-order valence-corrected chi connectivity index (χ3v) is 4.69. The van der Waals surface area contributed by atoms with Gasteiger partial charge in [-0.05, 0) is 11.1 Å². The summed E-state index contributed by atoms with van der Waals surface area (Å²) in [7, 11) is 0. The van der Waals surface area contributed by atoms with E-state index in [1.54, 1.807) is 4.90 Å². The van der Waals surface area contributed by atoms with E-state index in [4.69, 9.17) is 9.57 Å². The lowest BCUT2D eigenvalue weighted by Gasteiger charge is -2.20. The molecule has 124 valence electrons. The van der Waals surface area contributed by atoms with Gasteiger partial charge in [0.25, 0.3) is 0 Å². The minimum atomic E-state index is -0.262. The summed E-state index contributed by atoms with van der Waals surface area (Å²) in [6.07, 6.45) is -0.287. The van der Waals surface area contributed by atoms with Crippen molar-refractivity contribution in [1.29, 1.82) is 0 Å². The number of nitrogens with zero attached hydrogens (tertiary/aromatic N) is 1. The van der Waals surface area contributed by atoms with Gasteiger partial charge in [0.15, 0.2) is 0 Å². The van der Waals surface area contributed by atoms with E-state index >= 15 is 0 Å². The van der Waals surface area contributed by atoms with Gasteiger partial charge in [-0.25, -0.2) is 4.79 Å². The standard InChI is InChI=1S/C19H20N2O3/c22-19(23-13-14-7-3-1-4-8-14)21-11-16-17(12-21)20-24-18(16)15-9-5-2-6-10-15/h1-10,16-18,20H,11-13H2/t16-,17-,18-/m1/s1. The molecule has 0 unspecified atom stereocenters. The van der Waals surface area contributed by atoms with Crippen molar-refractivity contribution in [1.82, 2.24) is 10.4 Å². The summed E-state index contributed by atoms with van der Waals surface area (Å²) in [5.41, 5.74) is 5.21. The van der Waals surface area contributed by atoms with Gasteiger partial charge in [0, 0.05) is 19.0 Å². The van der Waals surface area contributed by atoms with Crippen molar-refractivity contribution in [2.24, 2.45) is 5.92 Å². The van der Waals surface area contributed by atoms with Gasteiger partial charge in [0.05, 0.1) is 6.04 Å². The van der Waals surface area contributed by atoms with Crippen LogP contribution >= 0.6 is 0 Å². The molecule has 5 nitrogen and oxygen atoms in total. The second-order valence-corrected chi connectivity index (χ2v) is 6.28. The molecule has 2 aliphatic heterocycles. The lowest BCUT2D eigenvalue weighted by molar-refractivity contribution is 0.00497. The summed E-state index contributed by atoms with van der Waals surface area (Å²) < 4.78 is 5.44. The molecule has 2 aromatic carbocycles. The minimum absolute atomic E-state index is 0.0249. The first-order valence-corrected chi connectivity index (χ1v) is 8.23. The van der Waals surface area contributed by atoms with E-state index in [0.29, 0.717) is 19.7 Å². The van der Waals surface area contributed by atoms with Crippen LogP contribution in [0.5, 0.6) is 0 Å². The molecule has 2 fully saturated rings. The molecule has 1 N–H and O–H groups in total. The van der Waals surface area contributed by atoms with Crippen LogP contribution in [0.3, 0.4) is 0 Å². The van der Waals surface area contributed by atoms with Crippen LogP contribution in [-0.2, 0) is 16.2 Å². The summed E-state index contributed by atoms with van der Waals surface area (Å²) in [4.78, 5) is 19.8. The van der Waals surface area contributed by atoms with E-state index in [9.17, 15) is 4.79 Å². The van der Waals surface area contributed by atoms with E-state index in [1.807, 2.05) is 48.5 Å². The highest BCUT2D eigenvalue weighted by molar-refractivity contribution is 5.68. The van der Waals surface area contributed by atoms with Crippen LogP contribution in [0, 0.1) is 5.92 Å². The molecule has 0 radical (unpaired) electrons. The number of carbonyl (C=O) groups excluding carboxylic acids is 1. The number of carbonyl (C=O) groups is 1. The maximum Gasteiger partial charge on any atom is 0.410 e. The Morgan fingerprint density at radius 3 is 2.54 bits per heavy atom. The van der Waals surface area contributed by atoms with Gasteiger partial charge in [0.2, 0.25) is 0 Å². The van der Waals surface area contributed by atoms with Gasteiger partial charge in [-0.2, -0.15) is 5.48 Å². The minimum Gasteiger partial charge on any atom is -0.445 e. The van der Waals surface area contributed by atoms with Crippen LogP contribution in [0.2, 0.25) is 0 Å². The summed E-state index contributed by atoms with van der Waals surface area (Å²) in [6, 6.07) is 20.0. The molecular formula is C19H20N2O3. The van der Waals surface area contributed by atoms with Gasteiger partial charge in [0.1, 0.15) is 12.7 Å². The van der Waals surface area contributed by atoms with Crippen molar-refractivity contribution in [3.63, 3.8) is 0 Å². The molecule has 24 heavy (non-hydrogen) atoms. The number of hydroxylamine groups is 1. The number of rotatable bonds is 3. The maximum absolute atomic E-state index is 12.3. The van der Waals surface area contributed by atoms with Crippen molar-refractivity contribution >= 4 is 6.09 Å². The third kappa shape index (κ3) is 3.00. The number of likely N-dealkylation sites (tertiary alicyclic amines) is 1. The Morgan fingerprint density at radius 1 is 1.08 bits per heavy atom. The molecule has 3 atom stereocenters.